The van der Waals surface area contributed by atoms with Crippen LogP contribution in [0.25, 0.3) is 0 Å². The highest BCUT2D eigenvalue weighted by molar-refractivity contribution is 6.09. The number of rotatable bonds is 5. The van der Waals surface area contributed by atoms with Gasteiger partial charge >= 0.3 is 12.0 Å². The molecule has 1 saturated heterocycles. The predicted molar refractivity (Wildman–Crippen MR) is 101 cm³/mol. The van der Waals surface area contributed by atoms with E-state index in [1.54, 1.807) is 0 Å². The third-order valence-electron chi connectivity index (χ3n) is 6.37. The number of ether oxygens (including phenoxy) is 1. The number of hydrogen-bond acceptors (Lipinski definition) is 5. The summed E-state index contributed by atoms with van der Waals surface area (Å²) >= 11 is 0. The van der Waals surface area contributed by atoms with E-state index < -0.39 is 24.1 Å². The number of esters is 1. The smallest absolute Gasteiger partial charge is 0.326 e. The molecule has 2 N–H and O–H groups in total. The first-order valence-electron chi connectivity index (χ1n) is 10.5. The minimum Gasteiger partial charge on any atom is -0.454 e. The molecule has 1 aliphatic heterocycles. The van der Waals surface area contributed by atoms with Gasteiger partial charge < -0.3 is 15.4 Å². The second kappa shape index (κ2) is 8.92. The zero-order valence-corrected chi connectivity index (χ0v) is 16.6. The van der Waals surface area contributed by atoms with Crippen LogP contribution >= 0.6 is 0 Å². The maximum atomic E-state index is 12.8. The van der Waals surface area contributed by atoms with E-state index in [2.05, 4.69) is 10.6 Å². The SMILES string of the molecule is C[C@@H]1CCCC[C@]12NC(=O)N(CC(=O)OCC(=O)NC1CCCCCC1)C2=O. The fourth-order valence-corrected chi connectivity index (χ4v) is 4.65. The number of carbonyl (C=O) groups excluding carboxylic acids is 4. The van der Waals surface area contributed by atoms with E-state index in [1.165, 1.54) is 12.8 Å². The second-order valence-electron chi connectivity index (χ2n) is 8.36. The molecule has 0 aromatic rings. The largest absolute Gasteiger partial charge is 0.454 e. The van der Waals surface area contributed by atoms with Crippen molar-refractivity contribution in [3.8, 4) is 0 Å². The summed E-state index contributed by atoms with van der Waals surface area (Å²) < 4.78 is 5.01. The number of nitrogens with zero attached hydrogens (tertiary/aromatic N) is 1. The van der Waals surface area contributed by atoms with Crippen LogP contribution in [-0.4, -0.2) is 53.4 Å². The summed E-state index contributed by atoms with van der Waals surface area (Å²) in [7, 11) is 0. The van der Waals surface area contributed by atoms with E-state index in [-0.39, 0.29) is 30.4 Å². The molecule has 1 spiro atoms. The van der Waals surface area contributed by atoms with Crippen LogP contribution in [-0.2, 0) is 19.1 Å². The van der Waals surface area contributed by atoms with Gasteiger partial charge in [-0.25, -0.2) is 4.79 Å². The van der Waals surface area contributed by atoms with E-state index in [4.69, 9.17) is 4.74 Å². The number of urea groups is 1. The number of carbonyl (C=O) groups is 4. The molecule has 2 saturated carbocycles. The molecule has 2 atom stereocenters. The highest BCUT2D eigenvalue weighted by Gasteiger charge is 2.55. The van der Waals surface area contributed by atoms with Crippen molar-refractivity contribution in [2.75, 3.05) is 13.2 Å². The van der Waals surface area contributed by atoms with Gasteiger partial charge in [0.05, 0.1) is 0 Å². The Kier molecular flexibility index (Phi) is 6.57. The van der Waals surface area contributed by atoms with Gasteiger partial charge in [0.2, 0.25) is 0 Å². The highest BCUT2D eigenvalue weighted by atomic mass is 16.5. The predicted octanol–water partition coefficient (Wildman–Crippen LogP) is 1.87. The van der Waals surface area contributed by atoms with Crippen molar-refractivity contribution in [1.82, 2.24) is 15.5 Å². The highest BCUT2D eigenvalue weighted by Crippen LogP contribution is 2.38. The fraction of sp³-hybridized carbons (Fsp3) is 0.800. The van der Waals surface area contributed by atoms with Gasteiger partial charge in [-0.05, 0) is 31.6 Å². The molecule has 156 valence electrons. The Hall–Kier alpha value is -2.12. The van der Waals surface area contributed by atoms with Crippen molar-refractivity contribution >= 4 is 23.8 Å². The molecule has 0 radical (unpaired) electrons. The summed E-state index contributed by atoms with van der Waals surface area (Å²) in [6.45, 7) is 1.10. The number of amides is 4. The summed E-state index contributed by atoms with van der Waals surface area (Å²) in [6, 6.07) is -0.425. The summed E-state index contributed by atoms with van der Waals surface area (Å²) in [4.78, 5) is 50.2. The molecule has 3 aliphatic rings. The van der Waals surface area contributed by atoms with Crippen molar-refractivity contribution in [3.05, 3.63) is 0 Å². The zero-order chi connectivity index (χ0) is 20.1. The molecule has 3 rings (SSSR count). The van der Waals surface area contributed by atoms with Gasteiger partial charge in [-0.3, -0.25) is 19.3 Å². The van der Waals surface area contributed by atoms with Crippen LogP contribution in [0.15, 0.2) is 0 Å². The molecule has 4 amide bonds. The van der Waals surface area contributed by atoms with Crippen LogP contribution in [0.1, 0.15) is 71.1 Å². The Morgan fingerprint density at radius 3 is 2.46 bits per heavy atom. The zero-order valence-electron chi connectivity index (χ0n) is 16.6. The molecule has 0 aromatic heterocycles. The van der Waals surface area contributed by atoms with Crippen molar-refractivity contribution < 1.29 is 23.9 Å². The molecular formula is C20H31N3O5. The third-order valence-corrected chi connectivity index (χ3v) is 6.37. The topological polar surface area (TPSA) is 105 Å². The molecular weight excluding hydrogens is 362 g/mol. The lowest BCUT2D eigenvalue weighted by molar-refractivity contribution is -0.151. The first-order chi connectivity index (χ1) is 13.4. The normalized spacial score (nSPS) is 28.8. The van der Waals surface area contributed by atoms with E-state index in [1.807, 2.05) is 6.92 Å². The van der Waals surface area contributed by atoms with Crippen LogP contribution in [0.3, 0.4) is 0 Å². The number of hydrogen-bond donors (Lipinski definition) is 2. The average molecular weight is 393 g/mol. The van der Waals surface area contributed by atoms with Crippen molar-refractivity contribution in [2.24, 2.45) is 5.92 Å². The lowest BCUT2D eigenvalue weighted by Crippen LogP contribution is -2.54. The Morgan fingerprint density at radius 2 is 1.79 bits per heavy atom. The maximum Gasteiger partial charge on any atom is 0.326 e. The molecule has 8 heteroatoms. The standard InChI is InChI=1S/C20H31N3O5/c1-14-8-6-7-11-20(14)18(26)23(19(27)22-20)12-17(25)28-13-16(24)21-15-9-4-2-3-5-10-15/h14-15H,2-13H2,1H3,(H,21,24)(H,22,27)/t14-,20+/m1/s1. The van der Waals surface area contributed by atoms with Gasteiger partial charge in [0.15, 0.2) is 6.61 Å². The van der Waals surface area contributed by atoms with Crippen LogP contribution in [0.5, 0.6) is 0 Å². The summed E-state index contributed by atoms with van der Waals surface area (Å²) in [5.74, 6) is -1.41. The van der Waals surface area contributed by atoms with Gasteiger partial charge in [-0.1, -0.05) is 45.4 Å². The molecule has 1 heterocycles. The van der Waals surface area contributed by atoms with Gasteiger partial charge in [0.1, 0.15) is 12.1 Å². The van der Waals surface area contributed by atoms with E-state index in [0.717, 1.165) is 49.8 Å². The Balaban J connectivity index is 1.47. The quantitative estimate of drug-likeness (QED) is 0.421. The van der Waals surface area contributed by atoms with Crippen LogP contribution in [0.2, 0.25) is 0 Å². The molecule has 2 aliphatic carbocycles. The summed E-state index contributed by atoms with van der Waals surface area (Å²) in [5.41, 5.74) is -0.896. The lowest BCUT2D eigenvalue weighted by Gasteiger charge is -2.36. The Bertz CT molecular complexity index is 629. The molecule has 0 bridgehead atoms. The molecule has 28 heavy (non-hydrogen) atoms. The van der Waals surface area contributed by atoms with Crippen LogP contribution < -0.4 is 10.6 Å². The second-order valence-corrected chi connectivity index (χ2v) is 8.36. The number of imide groups is 1. The first-order valence-corrected chi connectivity index (χ1v) is 10.5. The average Bonchev–Trinajstić information content (AvgIpc) is 2.85. The van der Waals surface area contributed by atoms with Gasteiger partial charge in [0, 0.05) is 6.04 Å². The van der Waals surface area contributed by atoms with Crippen molar-refractivity contribution in [2.45, 2.75) is 82.7 Å². The fourth-order valence-electron chi connectivity index (χ4n) is 4.65. The van der Waals surface area contributed by atoms with Crippen LogP contribution in [0.4, 0.5) is 4.79 Å². The summed E-state index contributed by atoms with van der Waals surface area (Å²) in [5, 5.41) is 5.70. The molecule has 3 fully saturated rings. The number of nitrogens with one attached hydrogen (secondary N) is 2. The monoisotopic (exact) mass is 393 g/mol. The minimum atomic E-state index is -0.896. The molecule has 0 aromatic carbocycles. The van der Waals surface area contributed by atoms with Crippen LogP contribution in [0, 0.1) is 5.92 Å². The van der Waals surface area contributed by atoms with E-state index >= 15 is 0 Å². The molecule has 0 unspecified atom stereocenters. The third kappa shape index (κ3) is 4.47. The minimum absolute atomic E-state index is 0.0315. The van der Waals surface area contributed by atoms with Crippen molar-refractivity contribution in [1.29, 1.82) is 0 Å². The van der Waals surface area contributed by atoms with Crippen molar-refractivity contribution in [3.63, 3.8) is 0 Å². The van der Waals surface area contributed by atoms with E-state index in [0.29, 0.717) is 6.42 Å². The maximum absolute atomic E-state index is 12.8. The van der Waals surface area contributed by atoms with Gasteiger partial charge in [-0.15, -0.1) is 0 Å². The first kappa shape index (κ1) is 20.6. The van der Waals surface area contributed by atoms with Gasteiger partial charge in [0.25, 0.3) is 11.8 Å². The molecule has 8 nitrogen and oxygen atoms in total. The Labute approximate surface area is 165 Å². The Morgan fingerprint density at radius 1 is 1.11 bits per heavy atom. The lowest BCUT2D eigenvalue weighted by atomic mass is 9.73. The van der Waals surface area contributed by atoms with E-state index in [9.17, 15) is 19.2 Å². The van der Waals surface area contributed by atoms with Gasteiger partial charge in [-0.2, -0.15) is 0 Å². The summed E-state index contributed by atoms with van der Waals surface area (Å²) in [6.07, 6.45) is 9.82.